The highest BCUT2D eigenvalue weighted by Crippen LogP contribution is 2.33. The number of carboxylic acids is 1. The van der Waals surface area contributed by atoms with Crippen LogP contribution in [0.25, 0.3) is 0 Å². The van der Waals surface area contributed by atoms with Crippen LogP contribution < -0.4 is 0 Å². The van der Waals surface area contributed by atoms with Gasteiger partial charge in [-0.15, -0.1) is 0 Å². The molecule has 2 atom stereocenters. The standard InChI is InChI=1S/C18H22FNO4/c19-14-3-1-2-12(10-14)11-16(21)20-7-4-13(5-8-20)17-15(18(22)23)6-9-24-17/h1-3,10,13,15,17H,4-9,11H2,(H,22,23)/t15?,17-/m0/s1. The number of ether oxygens (including phenoxy) is 1. The summed E-state index contributed by atoms with van der Waals surface area (Å²) in [5.41, 5.74) is 0.673. The lowest BCUT2D eigenvalue weighted by Gasteiger charge is -2.35. The number of halogens is 1. The number of hydrogen-bond donors (Lipinski definition) is 1. The summed E-state index contributed by atoms with van der Waals surface area (Å²) in [5, 5.41) is 9.27. The van der Waals surface area contributed by atoms with Gasteiger partial charge in [0.2, 0.25) is 5.91 Å². The van der Waals surface area contributed by atoms with Crippen molar-refractivity contribution in [3.8, 4) is 0 Å². The van der Waals surface area contributed by atoms with Gasteiger partial charge in [0, 0.05) is 19.7 Å². The number of amides is 1. The Bertz CT molecular complexity index is 613. The Morgan fingerprint density at radius 1 is 1.25 bits per heavy atom. The number of nitrogens with zero attached hydrogens (tertiary/aromatic N) is 1. The fourth-order valence-corrected chi connectivity index (χ4v) is 3.75. The monoisotopic (exact) mass is 335 g/mol. The Morgan fingerprint density at radius 2 is 2.00 bits per heavy atom. The average Bonchev–Trinajstić information content (AvgIpc) is 3.05. The molecular weight excluding hydrogens is 313 g/mol. The molecule has 0 radical (unpaired) electrons. The van der Waals surface area contributed by atoms with Crippen molar-refractivity contribution in [2.24, 2.45) is 11.8 Å². The molecule has 0 bridgehead atoms. The molecule has 2 saturated heterocycles. The van der Waals surface area contributed by atoms with Crippen molar-refractivity contribution < 1.29 is 23.8 Å². The minimum absolute atomic E-state index is 0.0128. The number of likely N-dealkylation sites (tertiary alicyclic amines) is 1. The van der Waals surface area contributed by atoms with E-state index >= 15 is 0 Å². The zero-order valence-electron chi connectivity index (χ0n) is 13.5. The van der Waals surface area contributed by atoms with Crippen molar-refractivity contribution in [3.05, 3.63) is 35.6 Å². The maximum Gasteiger partial charge on any atom is 0.309 e. The van der Waals surface area contributed by atoms with E-state index in [-0.39, 0.29) is 30.2 Å². The highest BCUT2D eigenvalue weighted by Gasteiger charge is 2.40. The van der Waals surface area contributed by atoms with E-state index in [1.807, 2.05) is 0 Å². The number of hydrogen-bond acceptors (Lipinski definition) is 3. The minimum Gasteiger partial charge on any atom is -0.481 e. The molecule has 5 nitrogen and oxygen atoms in total. The normalized spacial score (nSPS) is 25.0. The topological polar surface area (TPSA) is 66.8 Å². The number of piperidine rings is 1. The van der Waals surface area contributed by atoms with E-state index in [4.69, 9.17) is 4.74 Å². The van der Waals surface area contributed by atoms with E-state index < -0.39 is 11.9 Å². The second kappa shape index (κ2) is 7.30. The number of carbonyl (C=O) groups excluding carboxylic acids is 1. The molecule has 1 aromatic carbocycles. The highest BCUT2D eigenvalue weighted by atomic mass is 19.1. The van der Waals surface area contributed by atoms with Crippen LogP contribution >= 0.6 is 0 Å². The van der Waals surface area contributed by atoms with Crippen molar-refractivity contribution >= 4 is 11.9 Å². The third kappa shape index (κ3) is 3.75. The molecule has 6 heteroatoms. The van der Waals surface area contributed by atoms with Crippen LogP contribution in [0.5, 0.6) is 0 Å². The first-order valence-electron chi connectivity index (χ1n) is 8.41. The molecule has 1 amide bonds. The summed E-state index contributed by atoms with van der Waals surface area (Å²) in [7, 11) is 0. The Balaban J connectivity index is 1.53. The smallest absolute Gasteiger partial charge is 0.309 e. The molecule has 3 rings (SSSR count). The van der Waals surface area contributed by atoms with E-state index in [1.165, 1.54) is 12.1 Å². The van der Waals surface area contributed by atoms with Crippen molar-refractivity contribution in [3.63, 3.8) is 0 Å². The molecule has 1 unspecified atom stereocenters. The fourth-order valence-electron chi connectivity index (χ4n) is 3.75. The fraction of sp³-hybridized carbons (Fsp3) is 0.556. The van der Waals surface area contributed by atoms with Crippen LogP contribution in [0, 0.1) is 17.7 Å². The van der Waals surface area contributed by atoms with Crippen molar-refractivity contribution in [1.29, 1.82) is 0 Å². The molecule has 1 aromatic rings. The summed E-state index contributed by atoms with van der Waals surface area (Å²) in [6, 6.07) is 6.10. The Labute approximate surface area is 140 Å². The predicted octanol–water partition coefficient (Wildman–Crippen LogP) is 2.10. The van der Waals surface area contributed by atoms with E-state index in [1.54, 1.807) is 17.0 Å². The van der Waals surface area contributed by atoms with Gasteiger partial charge >= 0.3 is 5.97 Å². The van der Waals surface area contributed by atoms with Gasteiger partial charge < -0.3 is 14.7 Å². The molecule has 0 spiro atoms. The van der Waals surface area contributed by atoms with Gasteiger partial charge in [0.25, 0.3) is 0 Å². The van der Waals surface area contributed by atoms with Crippen LogP contribution in [-0.2, 0) is 20.7 Å². The summed E-state index contributed by atoms with van der Waals surface area (Å²) >= 11 is 0. The number of aliphatic carboxylic acids is 1. The molecule has 0 aliphatic carbocycles. The van der Waals surface area contributed by atoms with Gasteiger partial charge in [0.15, 0.2) is 0 Å². The van der Waals surface area contributed by atoms with Crippen molar-refractivity contribution in [1.82, 2.24) is 4.90 Å². The zero-order chi connectivity index (χ0) is 17.1. The molecule has 1 N–H and O–H groups in total. The van der Waals surface area contributed by atoms with Gasteiger partial charge in [-0.25, -0.2) is 4.39 Å². The molecule has 0 saturated carbocycles. The average molecular weight is 335 g/mol. The molecule has 2 aliphatic rings. The van der Waals surface area contributed by atoms with Crippen LogP contribution in [0.15, 0.2) is 24.3 Å². The summed E-state index contributed by atoms with van der Waals surface area (Å²) < 4.78 is 18.8. The summed E-state index contributed by atoms with van der Waals surface area (Å²) in [6.45, 7) is 1.70. The highest BCUT2D eigenvalue weighted by molar-refractivity contribution is 5.78. The molecular formula is C18H22FNO4. The maximum absolute atomic E-state index is 13.2. The number of rotatable bonds is 4. The summed E-state index contributed by atoms with van der Waals surface area (Å²) in [4.78, 5) is 25.4. The van der Waals surface area contributed by atoms with Gasteiger partial charge in [0.05, 0.1) is 18.4 Å². The third-order valence-electron chi connectivity index (χ3n) is 5.05. The largest absolute Gasteiger partial charge is 0.481 e. The van der Waals surface area contributed by atoms with Gasteiger partial charge in [-0.1, -0.05) is 12.1 Å². The van der Waals surface area contributed by atoms with E-state index in [9.17, 15) is 19.1 Å². The lowest BCUT2D eigenvalue weighted by Crippen LogP contribution is -2.43. The molecule has 2 fully saturated rings. The Kier molecular flexibility index (Phi) is 5.14. The van der Waals surface area contributed by atoms with Crippen LogP contribution in [0.2, 0.25) is 0 Å². The van der Waals surface area contributed by atoms with Gasteiger partial charge in [0.1, 0.15) is 5.82 Å². The first-order chi connectivity index (χ1) is 11.5. The van der Waals surface area contributed by atoms with Crippen LogP contribution in [0.3, 0.4) is 0 Å². The SMILES string of the molecule is O=C(O)C1CCO[C@H]1C1CCN(C(=O)Cc2cccc(F)c2)CC1. The second-order valence-corrected chi connectivity index (χ2v) is 6.59. The first kappa shape index (κ1) is 16.9. The van der Waals surface area contributed by atoms with Crippen LogP contribution in [0.4, 0.5) is 4.39 Å². The summed E-state index contributed by atoms with van der Waals surface area (Å²) in [5.74, 6) is -1.38. The number of carbonyl (C=O) groups is 2. The van der Waals surface area contributed by atoms with Crippen LogP contribution in [0.1, 0.15) is 24.8 Å². The number of benzene rings is 1. The van der Waals surface area contributed by atoms with Crippen molar-refractivity contribution in [2.45, 2.75) is 31.8 Å². The Hall–Kier alpha value is -1.95. The van der Waals surface area contributed by atoms with E-state index in [2.05, 4.69) is 0 Å². The molecule has 2 heterocycles. The Morgan fingerprint density at radius 3 is 2.67 bits per heavy atom. The third-order valence-corrected chi connectivity index (χ3v) is 5.05. The number of carboxylic acid groups (broad SMARTS) is 1. The molecule has 130 valence electrons. The lowest BCUT2D eigenvalue weighted by atomic mass is 9.84. The second-order valence-electron chi connectivity index (χ2n) is 6.59. The predicted molar refractivity (Wildman–Crippen MR) is 84.9 cm³/mol. The zero-order valence-corrected chi connectivity index (χ0v) is 13.5. The van der Waals surface area contributed by atoms with Gasteiger partial charge in [-0.3, -0.25) is 9.59 Å². The van der Waals surface area contributed by atoms with E-state index in [0.29, 0.717) is 31.7 Å². The molecule has 24 heavy (non-hydrogen) atoms. The van der Waals surface area contributed by atoms with E-state index in [0.717, 1.165) is 12.8 Å². The minimum atomic E-state index is -0.790. The van der Waals surface area contributed by atoms with Gasteiger partial charge in [-0.05, 0) is 42.9 Å². The first-order valence-corrected chi connectivity index (χ1v) is 8.41. The lowest BCUT2D eigenvalue weighted by molar-refractivity contribution is -0.145. The van der Waals surface area contributed by atoms with Crippen molar-refractivity contribution in [2.75, 3.05) is 19.7 Å². The maximum atomic E-state index is 13.2. The quantitative estimate of drug-likeness (QED) is 0.915. The molecule has 0 aromatic heterocycles. The van der Waals surface area contributed by atoms with Gasteiger partial charge in [-0.2, -0.15) is 0 Å². The molecule has 2 aliphatic heterocycles. The van der Waals surface area contributed by atoms with Crippen LogP contribution in [-0.4, -0.2) is 47.7 Å². The summed E-state index contributed by atoms with van der Waals surface area (Å²) in [6.07, 6.45) is 2.04.